The second kappa shape index (κ2) is 6.62. The van der Waals surface area contributed by atoms with E-state index in [4.69, 9.17) is 9.84 Å². The van der Waals surface area contributed by atoms with Crippen molar-refractivity contribution in [3.63, 3.8) is 0 Å². The predicted octanol–water partition coefficient (Wildman–Crippen LogP) is 2.05. The SMILES string of the molecule is CCC1=CCCC(C(=O)OCCO)CC1. The molecular formula is C12H20O3. The van der Waals surface area contributed by atoms with Crippen molar-refractivity contribution >= 4 is 5.97 Å². The van der Waals surface area contributed by atoms with E-state index in [1.54, 1.807) is 0 Å². The number of aliphatic hydroxyl groups excluding tert-OH is 1. The molecule has 1 aliphatic carbocycles. The molecule has 0 radical (unpaired) electrons. The third-order valence-electron chi connectivity index (χ3n) is 2.89. The van der Waals surface area contributed by atoms with Crippen LogP contribution in [-0.4, -0.2) is 24.3 Å². The van der Waals surface area contributed by atoms with E-state index in [0.717, 1.165) is 32.1 Å². The van der Waals surface area contributed by atoms with Gasteiger partial charge in [0, 0.05) is 0 Å². The van der Waals surface area contributed by atoms with E-state index >= 15 is 0 Å². The average Bonchev–Trinajstić information content (AvgIpc) is 2.50. The van der Waals surface area contributed by atoms with Crippen molar-refractivity contribution in [1.29, 1.82) is 0 Å². The monoisotopic (exact) mass is 212 g/mol. The summed E-state index contributed by atoms with van der Waals surface area (Å²) in [4.78, 5) is 11.5. The molecule has 86 valence electrons. The zero-order valence-corrected chi connectivity index (χ0v) is 9.37. The fourth-order valence-corrected chi connectivity index (χ4v) is 1.92. The first kappa shape index (κ1) is 12.2. The highest BCUT2D eigenvalue weighted by atomic mass is 16.5. The van der Waals surface area contributed by atoms with Crippen LogP contribution in [0.4, 0.5) is 0 Å². The van der Waals surface area contributed by atoms with E-state index in [9.17, 15) is 4.79 Å². The van der Waals surface area contributed by atoms with E-state index in [2.05, 4.69) is 13.0 Å². The topological polar surface area (TPSA) is 46.5 Å². The van der Waals surface area contributed by atoms with Crippen LogP contribution >= 0.6 is 0 Å². The number of rotatable bonds is 4. The largest absolute Gasteiger partial charge is 0.463 e. The summed E-state index contributed by atoms with van der Waals surface area (Å²) in [5, 5.41) is 8.56. The number of ether oxygens (including phenoxy) is 1. The van der Waals surface area contributed by atoms with Crippen molar-refractivity contribution in [2.24, 2.45) is 5.92 Å². The molecule has 0 aromatic carbocycles. The lowest BCUT2D eigenvalue weighted by molar-refractivity contribution is -0.149. The molecule has 0 aliphatic heterocycles. The molecule has 0 heterocycles. The number of hydrogen-bond acceptors (Lipinski definition) is 3. The quantitative estimate of drug-likeness (QED) is 0.573. The van der Waals surface area contributed by atoms with Gasteiger partial charge in [-0.2, -0.15) is 0 Å². The van der Waals surface area contributed by atoms with Crippen LogP contribution in [0.1, 0.15) is 39.0 Å². The minimum atomic E-state index is -0.144. The first-order chi connectivity index (χ1) is 7.27. The van der Waals surface area contributed by atoms with E-state index in [1.165, 1.54) is 5.57 Å². The molecule has 0 aromatic rings. The highest BCUT2D eigenvalue weighted by molar-refractivity contribution is 5.72. The molecule has 0 aromatic heterocycles. The second-order valence-electron chi connectivity index (χ2n) is 3.92. The average molecular weight is 212 g/mol. The Hall–Kier alpha value is -0.830. The Kier molecular flexibility index (Phi) is 5.40. The predicted molar refractivity (Wildman–Crippen MR) is 58.4 cm³/mol. The molecule has 0 saturated carbocycles. The lowest BCUT2D eigenvalue weighted by Crippen LogP contribution is -2.19. The van der Waals surface area contributed by atoms with Crippen LogP contribution in [0.2, 0.25) is 0 Å². The highest BCUT2D eigenvalue weighted by Gasteiger charge is 2.21. The third-order valence-corrected chi connectivity index (χ3v) is 2.89. The Balaban J connectivity index is 2.36. The summed E-state index contributed by atoms with van der Waals surface area (Å²) in [5.74, 6) is -0.119. The molecular weight excluding hydrogens is 192 g/mol. The number of allylic oxidation sites excluding steroid dienone is 2. The van der Waals surface area contributed by atoms with Gasteiger partial charge >= 0.3 is 5.97 Å². The number of carbonyl (C=O) groups is 1. The molecule has 0 fully saturated rings. The van der Waals surface area contributed by atoms with E-state index in [1.807, 2.05) is 0 Å². The summed E-state index contributed by atoms with van der Waals surface area (Å²) >= 11 is 0. The van der Waals surface area contributed by atoms with Crippen molar-refractivity contribution in [1.82, 2.24) is 0 Å². The minimum absolute atomic E-state index is 0.0249. The van der Waals surface area contributed by atoms with Gasteiger partial charge in [-0.15, -0.1) is 0 Å². The van der Waals surface area contributed by atoms with Crippen LogP contribution in [0.25, 0.3) is 0 Å². The van der Waals surface area contributed by atoms with Gasteiger partial charge in [0.15, 0.2) is 0 Å². The number of hydrogen-bond donors (Lipinski definition) is 1. The van der Waals surface area contributed by atoms with Crippen molar-refractivity contribution in [3.05, 3.63) is 11.6 Å². The zero-order chi connectivity index (χ0) is 11.1. The summed E-state index contributed by atoms with van der Waals surface area (Å²) < 4.78 is 4.94. The Bertz CT molecular complexity index is 233. The minimum Gasteiger partial charge on any atom is -0.463 e. The Morgan fingerprint density at radius 1 is 1.60 bits per heavy atom. The Labute approximate surface area is 91.1 Å². The van der Waals surface area contributed by atoms with Crippen LogP contribution in [-0.2, 0) is 9.53 Å². The summed E-state index contributed by atoms with van der Waals surface area (Å²) in [5.41, 5.74) is 1.45. The molecule has 15 heavy (non-hydrogen) atoms. The van der Waals surface area contributed by atoms with Gasteiger partial charge in [0.2, 0.25) is 0 Å². The molecule has 1 rings (SSSR count). The van der Waals surface area contributed by atoms with Gasteiger partial charge in [0.05, 0.1) is 12.5 Å². The molecule has 0 amide bonds. The maximum Gasteiger partial charge on any atom is 0.309 e. The van der Waals surface area contributed by atoms with E-state index in [0.29, 0.717) is 0 Å². The molecule has 0 bridgehead atoms. The lowest BCUT2D eigenvalue weighted by Gasteiger charge is -2.12. The van der Waals surface area contributed by atoms with Gasteiger partial charge in [-0.25, -0.2) is 0 Å². The molecule has 3 nitrogen and oxygen atoms in total. The van der Waals surface area contributed by atoms with Crippen LogP contribution in [0.3, 0.4) is 0 Å². The number of carbonyl (C=O) groups excluding carboxylic acids is 1. The molecule has 3 heteroatoms. The lowest BCUT2D eigenvalue weighted by atomic mass is 9.99. The highest BCUT2D eigenvalue weighted by Crippen LogP contribution is 2.25. The summed E-state index contributed by atoms with van der Waals surface area (Å²) in [6, 6.07) is 0. The maximum absolute atomic E-state index is 11.5. The molecule has 1 atom stereocenters. The summed E-state index contributed by atoms with van der Waals surface area (Å²) in [6.07, 6.45) is 7.09. The Morgan fingerprint density at radius 2 is 2.40 bits per heavy atom. The fourth-order valence-electron chi connectivity index (χ4n) is 1.92. The summed E-state index contributed by atoms with van der Waals surface area (Å²) in [6.45, 7) is 2.19. The Morgan fingerprint density at radius 3 is 3.07 bits per heavy atom. The molecule has 1 unspecified atom stereocenters. The maximum atomic E-state index is 11.5. The summed E-state index contributed by atoms with van der Waals surface area (Å²) in [7, 11) is 0. The van der Waals surface area contributed by atoms with Crippen LogP contribution in [0, 0.1) is 5.92 Å². The van der Waals surface area contributed by atoms with Gasteiger partial charge < -0.3 is 9.84 Å². The van der Waals surface area contributed by atoms with Crippen LogP contribution < -0.4 is 0 Å². The van der Waals surface area contributed by atoms with Gasteiger partial charge in [-0.3, -0.25) is 4.79 Å². The third kappa shape index (κ3) is 4.04. The fraction of sp³-hybridized carbons (Fsp3) is 0.750. The first-order valence-electron chi connectivity index (χ1n) is 5.73. The van der Waals surface area contributed by atoms with Crippen molar-refractivity contribution in [2.75, 3.05) is 13.2 Å². The standard InChI is InChI=1S/C12H20O3/c1-2-10-4-3-5-11(7-6-10)12(14)15-9-8-13/h4,11,13H,2-3,5-9H2,1H3. The molecule has 0 saturated heterocycles. The zero-order valence-electron chi connectivity index (χ0n) is 9.37. The van der Waals surface area contributed by atoms with Crippen LogP contribution in [0.15, 0.2) is 11.6 Å². The molecule has 0 spiro atoms. The smallest absolute Gasteiger partial charge is 0.309 e. The normalized spacial score (nSPS) is 21.7. The van der Waals surface area contributed by atoms with Crippen molar-refractivity contribution < 1.29 is 14.6 Å². The molecule has 1 N–H and O–H groups in total. The van der Waals surface area contributed by atoms with E-state index in [-0.39, 0.29) is 25.1 Å². The van der Waals surface area contributed by atoms with Gasteiger partial charge in [0.25, 0.3) is 0 Å². The van der Waals surface area contributed by atoms with Crippen molar-refractivity contribution in [2.45, 2.75) is 39.0 Å². The number of aliphatic hydroxyl groups is 1. The van der Waals surface area contributed by atoms with Crippen LogP contribution in [0.5, 0.6) is 0 Å². The first-order valence-corrected chi connectivity index (χ1v) is 5.73. The second-order valence-corrected chi connectivity index (χ2v) is 3.92. The van der Waals surface area contributed by atoms with Gasteiger partial charge in [0.1, 0.15) is 6.61 Å². The van der Waals surface area contributed by atoms with Crippen molar-refractivity contribution in [3.8, 4) is 0 Å². The van der Waals surface area contributed by atoms with Gasteiger partial charge in [-0.1, -0.05) is 18.6 Å². The number of esters is 1. The van der Waals surface area contributed by atoms with E-state index < -0.39 is 0 Å². The molecule has 1 aliphatic rings. The van der Waals surface area contributed by atoms with Gasteiger partial charge in [-0.05, 0) is 32.1 Å².